The number of rotatable bonds is 8. The van der Waals surface area contributed by atoms with E-state index in [1.165, 1.54) is 36.6 Å². The molecule has 1 aromatic carbocycles. The van der Waals surface area contributed by atoms with Crippen LogP contribution in [0.15, 0.2) is 43.1 Å². The third-order valence-electron chi connectivity index (χ3n) is 7.05. The summed E-state index contributed by atoms with van der Waals surface area (Å²) in [6.45, 7) is 3.38. The predicted molar refractivity (Wildman–Crippen MR) is 143 cm³/mol. The molecule has 5 rings (SSSR count). The molecule has 39 heavy (non-hydrogen) atoms. The minimum absolute atomic E-state index is 0.0320. The quantitative estimate of drug-likeness (QED) is 0.351. The van der Waals surface area contributed by atoms with Crippen molar-refractivity contribution < 1.29 is 18.7 Å². The molecule has 1 saturated heterocycles. The number of benzene rings is 1. The Bertz CT molecular complexity index is 1470. The van der Waals surface area contributed by atoms with E-state index in [2.05, 4.69) is 37.1 Å². The molecule has 4 heterocycles. The van der Waals surface area contributed by atoms with Crippen molar-refractivity contribution in [2.24, 2.45) is 0 Å². The summed E-state index contributed by atoms with van der Waals surface area (Å²) in [4.78, 5) is 33.3. The maximum Gasteiger partial charge on any atom is 0.256 e. The number of hydrogen-bond donors (Lipinski definition) is 2. The van der Waals surface area contributed by atoms with E-state index in [1.54, 1.807) is 0 Å². The zero-order valence-corrected chi connectivity index (χ0v) is 21.8. The monoisotopic (exact) mass is 536 g/mol. The van der Waals surface area contributed by atoms with Gasteiger partial charge in [0, 0.05) is 57.0 Å². The lowest BCUT2D eigenvalue weighted by molar-refractivity contribution is 0.0762. The largest absolute Gasteiger partial charge is 0.395 e. The van der Waals surface area contributed by atoms with E-state index in [0.29, 0.717) is 17.3 Å². The lowest BCUT2D eigenvalue weighted by atomic mass is 10.1. The number of aliphatic hydroxyl groups is 1. The first kappa shape index (κ1) is 26.4. The second-order valence-corrected chi connectivity index (χ2v) is 9.54. The summed E-state index contributed by atoms with van der Waals surface area (Å²) in [6, 6.07) is 4.07. The highest BCUT2D eigenvalue weighted by molar-refractivity contribution is 5.95. The number of likely N-dealkylation sites (N-methyl/N-ethyl adjacent to an activating group) is 1. The summed E-state index contributed by atoms with van der Waals surface area (Å²) in [7, 11) is 1.48. The molecule has 1 fully saturated rings. The predicted octanol–water partition coefficient (Wildman–Crippen LogP) is 3.71. The van der Waals surface area contributed by atoms with Crippen molar-refractivity contribution in [3.8, 4) is 0 Å². The summed E-state index contributed by atoms with van der Waals surface area (Å²) in [5, 5.41) is 12.2. The van der Waals surface area contributed by atoms with Gasteiger partial charge in [0.15, 0.2) is 5.82 Å². The molecular formula is C27H30F2N8O2. The molecule has 1 aliphatic heterocycles. The van der Waals surface area contributed by atoms with Gasteiger partial charge in [0.1, 0.15) is 23.6 Å². The second kappa shape index (κ2) is 11.3. The van der Waals surface area contributed by atoms with Crippen LogP contribution in [0.1, 0.15) is 41.7 Å². The van der Waals surface area contributed by atoms with E-state index in [1.807, 2.05) is 17.0 Å². The topological polar surface area (TPSA) is 112 Å². The van der Waals surface area contributed by atoms with Crippen LogP contribution >= 0.6 is 0 Å². The van der Waals surface area contributed by atoms with E-state index in [4.69, 9.17) is 5.11 Å². The Labute approximate surface area is 224 Å². The number of nitrogens with zero attached hydrogens (tertiary/aromatic N) is 7. The van der Waals surface area contributed by atoms with Crippen LogP contribution < -0.4 is 10.2 Å². The summed E-state index contributed by atoms with van der Waals surface area (Å²) < 4.78 is 31.8. The van der Waals surface area contributed by atoms with Crippen LogP contribution in [-0.2, 0) is 6.42 Å². The van der Waals surface area contributed by atoms with Gasteiger partial charge in [-0.25, -0.2) is 28.7 Å². The van der Waals surface area contributed by atoms with E-state index < -0.39 is 17.5 Å². The number of amides is 1. The molecule has 0 aliphatic carbocycles. The number of halogens is 2. The fourth-order valence-electron chi connectivity index (χ4n) is 4.81. The molecule has 1 aliphatic rings. The number of aromatic nitrogens is 5. The average Bonchev–Trinajstić information content (AvgIpc) is 3.30. The van der Waals surface area contributed by atoms with Crippen molar-refractivity contribution in [1.29, 1.82) is 0 Å². The maximum absolute atomic E-state index is 15.2. The van der Waals surface area contributed by atoms with Crippen LogP contribution in [0.5, 0.6) is 0 Å². The summed E-state index contributed by atoms with van der Waals surface area (Å²) in [6.07, 6.45) is 8.90. The molecule has 0 bridgehead atoms. The number of carbonyl (C=O) groups excluding carboxylic acids is 1. The van der Waals surface area contributed by atoms with Crippen molar-refractivity contribution in [3.63, 3.8) is 0 Å². The summed E-state index contributed by atoms with van der Waals surface area (Å²) in [5.74, 6) is -0.863. The highest BCUT2D eigenvalue weighted by atomic mass is 19.1. The van der Waals surface area contributed by atoms with Crippen molar-refractivity contribution in [2.75, 3.05) is 43.5 Å². The molecule has 0 unspecified atom stereocenters. The SMILES string of the molecule is CCc1cnc(N2CCC(n3cc(F)c4c(Nc5ccc(C(=O)N(C)CCO)c(F)c5)ncnc43)CC2)nc1. The molecule has 3 aromatic heterocycles. The Morgan fingerprint density at radius 1 is 1.13 bits per heavy atom. The lowest BCUT2D eigenvalue weighted by Crippen LogP contribution is -2.35. The molecule has 0 saturated carbocycles. The number of aryl methyl sites for hydroxylation is 1. The minimum atomic E-state index is -0.738. The number of anilines is 3. The first-order chi connectivity index (χ1) is 18.9. The summed E-state index contributed by atoms with van der Waals surface area (Å²) >= 11 is 0. The van der Waals surface area contributed by atoms with E-state index in [9.17, 15) is 9.18 Å². The van der Waals surface area contributed by atoms with Crippen molar-refractivity contribution in [2.45, 2.75) is 32.2 Å². The molecule has 204 valence electrons. The van der Waals surface area contributed by atoms with Gasteiger partial charge in [-0.2, -0.15) is 0 Å². The highest BCUT2D eigenvalue weighted by Crippen LogP contribution is 2.33. The average molecular weight is 537 g/mol. The smallest absolute Gasteiger partial charge is 0.256 e. The molecule has 10 nitrogen and oxygen atoms in total. The van der Waals surface area contributed by atoms with Gasteiger partial charge in [0.2, 0.25) is 5.95 Å². The number of fused-ring (bicyclic) bond motifs is 1. The van der Waals surface area contributed by atoms with Gasteiger partial charge in [-0.15, -0.1) is 0 Å². The van der Waals surface area contributed by atoms with Crippen LogP contribution in [0.2, 0.25) is 0 Å². The first-order valence-electron chi connectivity index (χ1n) is 12.9. The molecule has 1 amide bonds. The van der Waals surface area contributed by atoms with Crippen molar-refractivity contribution in [1.82, 2.24) is 29.4 Å². The molecule has 0 spiro atoms. The molecule has 4 aromatic rings. The van der Waals surface area contributed by atoms with Crippen molar-refractivity contribution in [3.05, 3.63) is 65.9 Å². The number of aliphatic hydroxyl groups excluding tert-OH is 1. The normalized spacial score (nSPS) is 14.1. The second-order valence-electron chi connectivity index (χ2n) is 9.54. The fourth-order valence-corrected chi connectivity index (χ4v) is 4.81. The highest BCUT2D eigenvalue weighted by Gasteiger charge is 2.26. The molecule has 0 atom stereocenters. The van der Waals surface area contributed by atoms with Gasteiger partial charge >= 0.3 is 0 Å². The first-order valence-corrected chi connectivity index (χ1v) is 12.9. The zero-order valence-electron chi connectivity index (χ0n) is 21.8. The number of hydrogen-bond acceptors (Lipinski definition) is 8. The maximum atomic E-state index is 15.2. The van der Waals surface area contributed by atoms with Crippen LogP contribution in [0.3, 0.4) is 0 Å². The minimum Gasteiger partial charge on any atom is -0.395 e. The van der Waals surface area contributed by atoms with E-state index in [-0.39, 0.29) is 36.0 Å². The third kappa shape index (κ3) is 5.37. The molecule has 12 heteroatoms. The molecule has 0 radical (unpaired) electrons. The van der Waals surface area contributed by atoms with Crippen LogP contribution in [0.25, 0.3) is 11.0 Å². The molecular weight excluding hydrogens is 506 g/mol. The van der Waals surface area contributed by atoms with Crippen molar-refractivity contribution >= 4 is 34.4 Å². The van der Waals surface area contributed by atoms with Gasteiger partial charge < -0.3 is 24.8 Å². The number of nitrogens with one attached hydrogen (secondary N) is 1. The number of piperidine rings is 1. The standard InChI is InChI=1S/C27H30F2N8O2/c1-3-17-13-30-27(31-14-17)36-8-6-19(7-9-36)37-15-22(29)23-24(32-16-33-25(23)37)34-18-4-5-20(21(28)12-18)26(39)35(2)10-11-38/h4-5,12-16,19,38H,3,6-11H2,1-2H3,(H,32,33,34). The molecule has 2 N–H and O–H groups in total. The Hall–Kier alpha value is -4.19. The van der Waals surface area contributed by atoms with Gasteiger partial charge in [-0.3, -0.25) is 4.79 Å². The Balaban J connectivity index is 1.33. The Kier molecular flexibility index (Phi) is 7.64. The van der Waals surface area contributed by atoms with E-state index in [0.717, 1.165) is 44.0 Å². The zero-order chi connectivity index (χ0) is 27.5. The van der Waals surface area contributed by atoms with E-state index >= 15 is 4.39 Å². The van der Waals surface area contributed by atoms with Crippen LogP contribution in [0, 0.1) is 11.6 Å². The van der Waals surface area contributed by atoms with Gasteiger partial charge in [0.05, 0.1) is 17.6 Å². The third-order valence-corrected chi connectivity index (χ3v) is 7.05. The Morgan fingerprint density at radius 3 is 2.54 bits per heavy atom. The Morgan fingerprint density at radius 2 is 1.87 bits per heavy atom. The lowest BCUT2D eigenvalue weighted by Gasteiger charge is -2.32. The fraction of sp³-hybridized carbons (Fsp3) is 0.370. The van der Waals surface area contributed by atoms with Gasteiger partial charge in [-0.1, -0.05) is 6.92 Å². The van der Waals surface area contributed by atoms with Gasteiger partial charge in [0.25, 0.3) is 5.91 Å². The van der Waals surface area contributed by atoms with Crippen LogP contribution in [0.4, 0.5) is 26.2 Å². The van der Waals surface area contributed by atoms with Gasteiger partial charge in [-0.05, 0) is 43.0 Å². The number of carbonyl (C=O) groups is 1. The summed E-state index contributed by atoms with van der Waals surface area (Å²) in [5.41, 5.74) is 1.72. The van der Waals surface area contributed by atoms with Crippen LogP contribution in [-0.4, -0.2) is 73.7 Å².